The van der Waals surface area contributed by atoms with Gasteiger partial charge in [-0.25, -0.2) is 0 Å². The Balaban J connectivity index is 2.05. The fourth-order valence-electron chi connectivity index (χ4n) is 1.73. The third kappa shape index (κ3) is 5.47. The van der Waals surface area contributed by atoms with Crippen molar-refractivity contribution in [2.75, 3.05) is 18.1 Å². The molecule has 3 nitrogen and oxygen atoms in total. The summed E-state index contributed by atoms with van der Waals surface area (Å²) in [4.78, 5) is 0. The molecule has 0 aromatic carbocycles. The zero-order valence-electron chi connectivity index (χ0n) is 9.25. The first-order valence-electron chi connectivity index (χ1n) is 5.61. The van der Waals surface area contributed by atoms with E-state index in [0.717, 1.165) is 10.9 Å². The van der Waals surface area contributed by atoms with Crippen molar-refractivity contribution in [3.05, 3.63) is 0 Å². The van der Waals surface area contributed by atoms with Crippen molar-refractivity contribution in [3.8, 4) is 0 Å². The monoisotopic (exact) mass is 248 g/mol. The van der Waals surface area contributed by atoms with E-state index >= 15 is 0 Å². The summed E-state index contributed by atoms with van der Waals surface area (Å²) in [5.74, 6) is 1.41. The van der Waals surface area contributed by atoms with Crippen LogP contribution in [-0.4, -0.2) is 33.4 Å². The van der Waals surface area contributed by atoms with Crippen molar-refractivity contribution >= 4 is 28.1 Å². The molecule has 2 N–H and O–H groups in total. The van der Waals surface area contributed by atoms with Gasteiger partial charge < -0.3 is 10.6 Å². The van der Waals surface area contributed by atoms with Gasteiger partial charge in [-0.05, 0) is 25.1 Å². The van der Waals surface area contributed by atoms with E-state index in [4.69, 9.17) is 12.2 Å². The quantitative estimate of drug-likeness (QED) is 0.717. The van der Waals surface area contributed by atoms with Gasteiger partial charge in [-0.1, -0.05) is 19.8 Å². The van der Waals surface area contributed by atoms with Gasteiger partial charge in [0.05, 0.1) is 0 Å². The van der Waals surface area contributed by atoms with Gasteiger partial charge in [0, 0.05) is 34.9 Å². The van der Waals surface area contributed by atoms with E-state index in [2.05, 4.69) is 10.6 Å². The molecule has 1 unspecified atom stereocenters. The molecule has 88 valence electrons. The van der Waals surface area contributed by atoms with Crippen molar-refractivity contribution in [2.45, 2.75) is 38.6 Å². The molecule has 0 heterocycles. The van der Waals surface area contributed by atoms with Crippen molar-refractivity contribution in [1.29, 1.82) is 0 Å². The van der Waals surface area contributed by atoms with Crippen molar-refractivity contribution in [1.82, 2.24) is 10.6 Å². The lowest BCUT2D eigenvalue weighted by atomic mass is 10.3. The number of hydrogen-bond acceptors (Lipinski definition) is 2. The molecule has 0 amide bonds. The molecule has 1 fully saturated rings. The predicted octanol–water partition coefficient (Wildman–Crippen LogP) is 1.16. The van der Waals surface area contributed by atoms with E-state index in [1.807, 2.05) is 6.92 Å². The summed E-state index contributed by atoms with van der Waals surface area (Å²) in [7, 11) is -0.697. The Bertz CT molecular complexity index is 227. The summed E-state index contributed by atoms with van der Waals surface area (Å²) in [5, 5.41) is 7.11. The van der Waals surface area contributed by atoms with Crippen LogP contribution in [0.15, 0.2) is 0 Å². The smallest absolute Gasteiger partial charge is 0.166 e. The lowest BCUT2D eigenvalue weighted by Gasteiger charge is -2.15. The van der Waals surface area contributed by atoms with Crippen LogP contribution in [0.25, 0.3) is 0 Å². The van der Waals surface area contributed by atoms with Gasteiger partial charge in [-0.3, -0.25) is 4.21 Å². The minimum Gasteiger partial charge on any atom is -0.362 e. The maximum absolute atomic E-state index is 11.1. The highest BCUT2D eigenvalue weighted by Crippen LogP contribution is 2.17. The molecule has 0 saturated heterocycles. The normalized spacial score (nSPS) is 18.7. The average molecular weight is 248 g/mol. The second kappa shape index (κ2) is 7.17. The van der Waals surface area contributed by atoms with Gasteiger partial charge in [0.2, 0.25) is 0 Å². The molecule has 1 atom stereocenters. The minimum atomic E-state index is -0.697. The zero-order chi connectivity index (χ0) is 11.1. The molecule has 0 aromatic heterocycles. The van der Waals surface area contributed by atoms with Crippen LogP contribution in [0.1, 0.15) is 32.6 Å². The largest absolute Gasteiger partial charge is 0.362 e. The molecule has 0 bridgehead atoms. The standard InChI is InChI=1S/C10H20N2OS2/c1-2-15(13)8-7-11-10(14)12-9-5-3-4-6-9/h9H,2-8H2,1H3,(H2,11,12,14). The Hall–Kier alpha value is -0.160. The average Bonchev–Trinajstić information content (AvgIpc) is 2.70. The fraction of sp³-hybridized carbons (Fsp3) is 0.900. The molecular weight excluding hydrogens is 228 g/mol. The Morgan fingerprint density at radius 1 is 1.47 bits per heavy atom. The third-order valence-electron chi connectivity index (χ3n) is 2.63. The molecule has 0 radical (unpaired) electrons. The van der Waals surface area contributed by atoms with Crippen LogP contribution in [0, 0.1) is 0 Å². The van der Waals surface area contributed by atoms with Gasteiger partial charge >= 0.3 is 0 Å². The SMILES string of the molecule is CCS(=O)CCNC(=S)NC1CCCC1. The lowest BCUT2D eigenvalue weighted by Crippen LogP contribution is -2.41. The predicted molar refractivity (Wildman–Crippen MR) is 69.5 cm³/mol. The first-order valence-corrected chi connectivity index (χ1v) is 7.51. The summed E-state index contributed by atoms with van der Waals surface area (Å²) in [6, 6.07) is 0.557. The molecule has 0 spiro atoms. The number of rotatable bonds is 5. The molecular formula is C10H20N2OS2. The Labute approximate surface area is 99.9 Å². The highest BCUT2D eigenvalue weighted by atomic mass is 32.2. The highest BCUT2D eigenvalue weighted by Gasteiger charge is 2.14. The van der Waals surface area contributed by atoms with Gasteiger partial charge in [0.25, 0.3) is 0 Å². The third-order valence-corrected chi connectivity index (χ3v) is 4.19. The first-order chi connectivity index (χ1) is 7.22. The van der Waals surface area contributed by atoms with E-state index in [1.54, 1.807) is 0 Å². The molecule has 5 heteroatoms. The van der Waals surface area contributed by atoms with E-state index < -0.39 is 10.8 Å². The van der Waals surface area contributed by atoms with Crippen LogP contribution in [0.5, 0.6) is 0 Å². The number of nitrogens with one attached hydrogen (secondary N) is 2. The van der Waals surface area contributed by atoms with Crippen LogP contribution >= 0.6 is 12.2 Å². The topological polar surface area (TPSA) is 41.1 Å². The summed E-state index contributed by atoms with van der Waals surface area (Å²) in [6.07, 6.45) is 5.06. The molecule has 15 heavy (non-hydrogen) atoms. The summed E-state index contributed by atoms with van der Waals surface area (Å²) >= 11 is 5.16. The minimum absolute atomic E-state index is 0.557. The fourth-order valence-corrected chi connectivity index (χ4v) is 2.62. The summed E-state index contributed by atoms with van der Waals surface area (Å²) in [5.41, 5.74) is 0. The van der Waals surface area contributed by atoms with Crippen LogP contribution < -0.4 is 10.6 Å². The summed E-state index contributed by atoms with van der Waals surface area (Å²) < 4.78 is 11.1. The first kappa shape index (κ1) is 12.9. The highest BCUT2D eigenvalue weighted by molar-refractivity contribution is 7.84. The van der Waals surface area contributed by atoms with E-state index in [0.29, 0.717) is 18.3 Å². The molecule has 1 rings (SSSR count). The van der Waals surface area contributed by atoms with E-state index in [-0.39, 0.29) is 0 Å². The number of hydrogen-bond donors (Lipinski definition) is 2. The second-order valence-electron chi connectivity index (χ2n) is 3.81. The Morgan fingerprint density at radius 2 is 2.13 bits per heavy atom. The summed E-state index contributed by atoms with van der Waals surface area (Å²) in [6.45, 7) is 2.64. The zero-order valence-corrected chi connectivity index (χ0v) is 10.9. The molecule has 1 saturated carbocycles. The van der Waals surface area contributed by atoms with Crippen LogP contribution in [-0.2, 0) is 10.8 Å². The Kier molecular flexibility index (Phi) is 6.17. The van der Waals surface area contributed by atoms with Crippen LogP contribution in [0.3, 0.4) is 0 Å². The second-order valence-corrected chi connectivity index (χ2v) is 6.09. The van der Waals surface area contributed by atoms with E-state index in [1.165, 1.54) is 25.7 Å². The van der Waals surface area contributed by atoms with Gasteiger partial charge in [0.15, 0.2) is 5.11 Å². The van der Waals surface area contributed by atoms with E-state index in [9.17, 15) is 4.21 Å². The Morgan fingerprint density at radius 3 is 2.73 bits per heavy atom. The van der Waals surface area contributed by atoms with Gasteiger partial charge in [-0.2, -0.15) is 0 Å². The lowest BCUT2D eigenvalue weighted by molar-refractivity contribution is 0.623. The van der Waals surface area contributed by atoms with Crippen molar-refractivity contribution in [3.63, 3.8) is 0 Å². The van der Waals surface area contributed by atoms with Crippen molar-refractivity contribution < 1.29 is 4.21 Å². The molecule has 0 aliphatic heterocycles. The molecule has 0 aromatic rings. The van der Waals surface area contributed by atoms with Crippen LogP contribution in [0.4, 0.5) is 0 Å². The number of thiocarbonyl (C=S) groups is 1. The van der Waals surface area contributed by atoms with Gasteiger partial charge in [0.1, 0.15) is 0 Å². The van der Waals surface area contributed by atoms with Crippen LogP contribution in [0.2, 0.25) is 0 Å². The maximum Gasteiger partial charge on any atom is 0.166 e. The maximum atomic E-state index is 11.1. The molecule has 1 aliphatic rings. The van der Waals surface area contributed by atoms with Gasteiger partial charge in [-0.15, -0.1) is 0 Å². The van der Waals surface area contributed by atoms with Crippen molar-refractivity contribution in [2.24, 2.45) is 0 Å². The molecule has 1 aliphatic carbocycles.